The SMILES string of the molecule is C/C(=N\NC(=O)CSCc1ccccc1Br)c1ccc(I)cc1. The van der Waals surface area contributed by atoms with Crippen molar-refractivity contribution in [3.63, 3.8) is 0 Å². The molecule has 0 heterocycles. The fourth-order valence-electron chi connectivity index (χ4n) is 1.80. The Morgan fingerprint density at radius 3 is 2.61 bits per heavy atom. The van der Waals surface area contributed by atoms with E-state index in [0.29, 0.717) is 5.75 Å². The summed E-state index contributed by atoms with van der Waals surface area (Å²) < 4.78 is 2.24. The maximum atomic E-state index is 11.9. The van der Waals surface area contributed by atoms with E-state index in [2.05, 4.69) is 49.0 Å². The van der Waals surface area contributed by atoms with Crippen LogP contribution in [0.4, 0.5) is 0 Å². The molecule has 3 nitrogen and oxygen atoms in total. The largest absolute Gasteiger partial charge is 0.272 e. The van der Waals surface area contributed by atoms with Gasteiger partial charge in [0, 0.05) is 13.8 Å². The third-order valence-electron chi connectivity index (χ3n) is 3.06. The van der Waals surface area contributed by atoms with Gasteiger partial charge in [-0.25, -0.2) is 5.43 Å². The van der Waals surface area contributed by atoms with Crippen LogP contribution in [0.1, 0.15) is 18.1 Å². The smallest absolute Gasteiger partial charge is 0.250 e. The highest BCUT2D eigenvalue weighted by Gasteiger charge is 2.04. The number of hydrogen-bond donors (Lipinski definition) is 1. The second kappa shape index (κ2) is 9.44. The Bertz CT molecular complexity index is 704. The van der Waals surface area contributed by atoms with Crippen LogP contribution >= 0.6 is 50.3 Å². The Kier molecular flexibility index (Phi) is 7.58. The number of halogens is 2. The van der Waals surface area contributed by atoms with Crippen molar-refractivity contribution in [2.75, 3.05) is 5.75 Å². The molecule has 0 saturated heterocycles. The lowest BCUT2D eigenvalue weighted by Gasteiger charge is -2.05. The molecule has 0 aliphatic carbocycles. The van der Waals surface area contributed by atoms with Crippen LogP contribution in [0.2, 0.25) is 0 Å². The minimum Gasteiger partial charge on any atom is -0.272 e. The molecule has 0 fully saturated rings. The van der Waals surface area contributed by atoms with E-state index in [0.717, 1.165) is 21.5 Å². The van der Waals surface area contributed by atoms with Gasteiger partial charge in [-0.1, -0.05) is 46.3 Å². The van der Waals surface area contributed by atoms with Gasteiger partial charge >= 0.3 is 0 Å². The van der Waals surface area contributed by atoms with Crippen LogP contribution in [0.15, 0.2) is 58.1 Å². The molecule has 0 radical (unpaired) electrons. The summed E-state index contributed by atoms with van der Waals surface area (Å²) in [5.74, 6) is 1.08. The molecule has 0 saturated carbocycles. The summed E-state index contributed by atoms with van der Waals surface area (Å²) in [6.45, 7) is 1.89. The van der Waals surface area contributed by atoms with Gasteiger partial charge < -0.3 is 0 Å². The first-order chi connectivity index (χ1) is 11.1. The topological polar surface area (TPSA) is 41.5 Å². The van der Waals surface area contributed by atoms with Crippen molar-refractivity contribution in [1.82, 2.24) is 5.43 Å². The second-order valence-corrected chi connectivity index (χ2v) is 7.91. The van der Waals surface area contributed by atoms with Crippen LogP contribution in [0.25, 0.3) is 0 Å². The lowest BCUT2D eigenvalue weighted by molar-refractivity contribution is -0.118. The molecule has 0 spiro atoms. The molecule has 2 aromatic rings. The maximum absolute atomic E-state index is 11.9. The number of nitrogens with one attached hydrogen (secondary N) is 1. The molecule has 0 atom stereocenters. The zero-order valence-corrected chi connectivity index (χ0v) is 17.1. The van der Waals surface area contributed by atoms with Crippen molar-refractivity contribution in [1.29, 1.82) is 0 Å². The number of thioether (sulfide) groups is 1. The molecular weight excluding hydrogens is 487 g/mol. The predicted octanol–water partition coefficient (Wildman–Crippen LogP) is 4.83. The first kappa shape index (κ1) is 18.5. The Morgan fingerprint density at radius 1 is 1.22 bits per heavy atom. The fourth-order valence-corrected chi connectivity index (χ4v) is 3.60. The maximum Gasteiger partial charge on any atom is 0.250 e. The van der Waals surface area contributed by atoms with E-state index in [1.54, 1.807) is 11.8 Å². The van der Waals surface area contributed by atoms with Crippen LogP contribution in [0.5, 0.6) is 0 Å². The highest BCUT2D eigenvalue weighted by atomic mass is 127. The lowest BCUT2D eigenvalue weighted by Crippen LogP contribution is -2.21. The van der Waals surface area contributed by atoms with Crippen molar-refractivity contribution >= 4 is 61.9 Å². The van der Waals surface area contributed by atoms with Gasteiger partial charge in [0.15, 0.2) is 0 Å². The number of nitrogens with zero attached hydrogens (tertiary/aromatic N) is 1. The molecule has 2 aromatic carbocycles. The Hall–Kier alpha value is -0.860. The van der Waals surface area contributed by atoms with Crippen molar-refractivity contribution in [2.24, 2.45) is 5.10 Å². The molecular formula is C17H16BrIN2OS. The van der Waals surface area contributed by atoms with Gasteiger partial charge in [-0.2, -0.15) is 5.10 Å². The molecule has 23 heavy (non-hydrogen) atoms. The van der Waals surface area contributed by atoms with E-state index in [9.17, 15) is 4.79 Å². The third-order valence-corrected chi connectivity index (χ3v) is 5.53. The van der Waals surface area contributed by atoms with Gasteiger partial charge in [0.2, 0.25) is 5.91 Å². The summed E-state index contributed by atoms with van der Waals surface area (Å²) in [5, 5.41) is 4.16. The number of benzene rings is 2. The van der Waals surface area contributed by atoms with Crippen LogP contribution in [-0.4, -0.2) is 17.4 Å². The predicted molar refractivity (Wildman–Crippen MR) is 110 cm³/mol. The number of amides is 1. The van der Waals surface area contributed by atoms with E-state index in [1.807, 2.05) is 55.5 Å². The van der Waals surface area contributed by atoms with E-state index in [1.165, 1.54) is 9.13 Å². The van der Waals surface area contributed by atoms with Crippen molar-refractivity contribution < 1.29 is 4.79 Å². The molecule has 2 rings (SSSR count). The number of carbonyl (C=O) groups excluding carboxylic acids is 1. The quantitative estimate of drug-likeness (QED) is 0.349. The van der Waals surface area contributed by atoms with E-state index in [4.69, 9.17) is 0 Å². The molecule has 0 aliphatic heterocycles. The van der Waals surface area contributed by atoms with Crippen LogP contribution in [0, 0.1) is 3.57 Å². The highest BCUT2D eigenvalue weighted by Crippen LogP contribution is 2.21. The van der Waals surface area contributed by atoms with E-state index < -0.39 is 0 Å². The van der Waals surface area contributed by atoms with Gasteiger partial charge in [-0.05, 0) is 58.8 Å². The van der Waals surface area contributed by atoms with Crippen molar-refractivity contribution in [3.05, 3.63) is 67.7 Å². The Labute approximate surface area is 162 Å². The molecule has 0 unspecified atom stereocenters. The van der Waals surface area contributed by atoms with Crippen molar-refractivity contribution in [2.45, 2.75) is 12.7 Å². The van der Waals surface area contributed by atoms with Gasteiger partial charge in [-0.3, -0.25) is 4.79 Å². The summed E-state index contributed by atoms with van der Waals surface area (Å²) in [6, 6.07) is 16.1. The summed E-state index contributed by atoms with van der Waals surface area (Å²) in [6.07, 6.45) is 0. The van der Waals surface area contributed by atoms with E-state index >= 15 is 0 Å². The molecule has 0 aromatic heterocycles. The minimum absolute atomic E-state index is 0.0908. The van der Waals surface area contributed by atoms with Gasteiger partial charge in [-0.15, -0.1) is 11.8 Å². The normalized spacial score (nSPS) is 11.3. The zero-order valence-electron chi connectivity index (χ0n) is 12.6. The first-order valence-electron chi connectivity index (χ1n) is 6.96. The highest BCUT2D eigenvalue weighted by molar-refractivity contribution is 14.1. The minimum atomic E-state index is -0.0908. The van der Waals surface area contributed by atoms with Gasteiger partial charge in [0.05, 0.1) is 11.5 Å². The summed E-state index contributed by atoms with van der Waals surface area (Å²) >= 11 is 7.33. The number of carbonyl (C=O) groups is 1. The van der Waals surface area contributed by atoms with Crippen LogP contribution in [-0.2, 0) is 10.5 Å². The van der Waals surface area contributed by atoms with E-state index in [-0.39, 0.29) is 5.91 Å². The molecule has 1 N–H and O–H groups in total. The van der Waals surface area contributed by atoms with Gasteiger partial charge in [0.1, 0.15) is 0 Å². The average molecular weight is 503 g/mol. The summed E-state index contributed by atoms with van der Waals surface area (Å²) in [4.78, 5) is 11.9. The summed E-state index contributed by atoms with van der Waals surface area (Å²) in [7, 11) is 0. The fraction of sp³-hybridized carbons (Fsp3) is 0.176. The lowest BCUT2D eigenvalue weighted by atomic mass is 10.1. The third kappa shape index (κ3) is 6.27. The Balaban J connectivity index is 1.79. The zero-order chi connectivity index (χ0) is 16.7. The second-order valence-electron chi connectivity index (χ2n) is 4.82. The van der Waals surface area contributed by atoms with Crippen LogP contribution in [0.3, 0.4) is 0 Å². The molecule has 0 bridgehead atoms. The van der Waals surface area contributed by atoms with Crippen molar-refractivity contribution in [3.8, 4) is 0 Å². The standard InChI is InChI=1S/C17H16BrIN2OS/c1-12(13-6-8-15(19)9-7-13)20-21-17(22)11-23-10-14-4-2-3-5-16(14)18/h2-9H,10-11H2,1H3,(H,21,22)/b20-12+. The van der Waals surface area contributed by atoms with Crippen LogP contribution < -0.4 is 5.43 Å². The average Bonchev–Trinajstić information content (AvgIpc) is 2.55. The van der Waals surface area contributed by atoms with Gasteiger partial charge in [0.25, 0.3) is 0 Å². The number of rotatable bonds is 6. The molecule has 6 heteroatoms. The number of hydrazone groups is 1. The monoisotopic (exact) mass is 502 g/mol. The first-order valence-corrected chi connectivity index (χ1v) is 9.99. The molecule has 1 amide bonds. The molecule has 120 valence electrons. The number of hydrogen-bond acceptors (Lipinski definition) is 3. The summed E-state index contributed by atoms with van der Waals surface area (Å²) in [5.41, 5.74) is 5.60. The Morgan fingerprint density at radius 2 is 1.91 bits per heavy atom. The molecule has 0 aliphatic rings.